The molecule has 3 aliphatic heterocycles. The highest BCUT2D eigenvalue weighted by Crippen LogP contribution is 2.65. The maximum Gasteiger partial charge on any atom is 0.246 e. The van der Waals surface area contributed by atoms with E-state index in [0.717, 1.165) is 18.4 Å². The number of amides is 3. The molecule has 222 valence electrons. The van der Waals surface area contributed by atoms with Gasteiger partial charge in [0.25, 0.3) is 0 Å². The van der Waals surface area contributed by atoms with E-state index >= 15 is 0 Å². The summed E-state index contributed by atoms with van der Waals surface area (Å²) in [7, 11) is 0. The third-order valence-corrected chi connectivity index (χ3v) is 9.18. The van der Waals surface area contributed by atoms with Crippen molar-refractivity contribution in [1.82, 2.24) is 15.5 Å². The van der Waals surface area contributed by atoms with Gasteiger partial charge in [-0.15, -0.1) is 0 Å². The van der Waals surface area contributed by atoms with Crippen molar-refractivity contribution in [2.45, 2.75) is 110 Å². The second-order valence-corrected chi connectivity index (χ2v) is 14.4. The molecule has 0 aromatic heterocycles. The average molecular weight is 556 g/mol. The fraction of sp³-hybridized carbons (Fsp3) is 0.719. The van der Waals surface area contributed by atoms with Crippen LogP contribution in [0.5, 0.6) is 0 Å². The van der Waals surface area contributed by atoms with Gasteiger partial charge in [-0.3, -0.25) is 14.4 Å². The first-order valence-electron chi connectivity index (χ1n) is 14.9. The van der Waals surface area contributed by atoms with Gasteiger partial charge in [0.05, 0.1) is 30.1 Å². The molecule has 0 aliphatic carbocycles. The summed E-state index contributed by atoms with van der Waals surface area (Å²) in [6.45, 7) is 16.5. The normalized spacial score (nSPS) is 32.2. The van der Waals surface area contributed by atoms with E-state index in [-0.39, 0.29) is 35.7 Å². The van der Waals surface area contributed by atoms with E-state index in [9.17, 15) is 19.5 Å². The maximum atomic E-state index is 14.5. The standard InChI is InChI=1S/C32H49N3O5/c1-9-15-33-26(37)23-24-28(39)35(22(18-36)16-21-13-11-10-12-14-21)25(32(24)17-20(2)31(23,8)40-32)27(38)34-30(6,7)19-29(3,4)5/h10-14,20,22-25,36H,9,15-19H2,1-8H3,(H,33,37)(H,34,38)/t20?,22-,23-,24+,25?,31+,32?/m1/s1. The number of carbonyl (C=O) groups excluding carboxylic acids is 3. The lowest BCUT2D eigenvalue weighted by Gasteiger charge is -2.40. The molecule has 1 aromatic rings. The summed E-state index contributed by atoms with van der Waals surface area (Å²) >= 11 is 0. The molecule has 8 nitrogen and oxygen atoms in total. The summed E-state index contributed by atoms with van der Waals surface area (Å²) in [5.74, 6) is -2.31. The molecule has 1 aromatic carbocycles. The monoisotopic (exact) mass is 555 g/mol. The van der Waals surface area contributed by atoms with Crippen molar-refractivity contribution in [2.75, 3.05) is 13.2 Å². The Morgan fingerprint density at radius 3 is 2.38 bits per heavy atom. The van der Waals surface area contributed by atoms with Crippen molar-refractivity contribution < 1.29 is 24.2 Å². The van der Waals surface area contributed by atoms with E-state index in [0.29, 0.717) is 19.4 Å². The Hall–Kier alpha value is -2.45. The zero-order chi connectivity index (χ0) is 29.7. The van der Waals surface area contributed by atoms with Gasteiger partial charge in [0.2, 0.25) is 17.7 Å². The molecule has 3 fully saturated rings. The number of hydrogen-bond donors (Lipinski definition) is 3. The molecule has 40 heavy (non-hydrogen) atoms. The molecule has 3 N–H and O–H groups in total. The largest absolute Gasteiger partial charge is 0.394 e. The van der Waals surface area contributed by atoms with Gasteiger partial charge in [0.15, 0.2) is 0 Å². The van der Waals surface area contributed by atoms with Crippen LogP contribution in [0.15, 0.2) is 30.3 Å². The van der Waals surface area contributed by atoms with Gasteiger partial charge in [-0.25, -0.2) is 0 Å². The predicted octanol–water partition coefficient (Wildman–Crippen LogP) is 3.46. The van der Waals surface area contributed by atoms with Crippen LogP contribution in [-0.2, 0) is 25.5 Å². The van der Waals surface area contributed by atoms with Crippen molar-refractivity contribution >= 4 is 17.7 Å². The van der Waals surface area contributed by atoms with Gasteiger partial charge in [-0.05, 0) is 63.4 Å². The maximum absolute atomic E-state index is 14.5. The third-order valence-electron chi connectivity index (χ3n) is 9.18. The Morgan fingerprint density at radius 2 is 1.80 bits per heavy atom. The molecule has 3 heterocycles. The zero-order valence-electron chi connectivity index (χ0n) is 25.5. The average Bonchev–Trinajstić information content (AvgIpc) is 3.36. The number of benzene rings is 1. The van der Waals surface area contributed by atoms with Crippen LogP contribution >= 0.6 is 0 Å². The van der Waals surface area contributed by atoms with Gasteiger partial charge in [-0.2, -0.15) is 0 Å². The summed E-state index contributed by atoms with van der Waals surface area (Å²) in [6, 6.07) is 8.07. The summed E-state index contributed by atoms with van der Waals surface area (Å²) in [5, 5.41) is 16.9. The predicted molar refractivity (Wildman–Crippen MR) is 154 cm³/mol. The van der Waals surface area contributed by atoms with Gasteiger partial charge in [0.1, 0.15) is 11.6 Å². The number of fused-ring (bicyclic) bond motifs is 1. The van der Waals surface area contributed by atoms with Gasteiger partial charge in [-0.1, -0.05) is 65.0 Å². The number of nitrogens with one attached hydrogen (secondary N) is 2. The highest BCUT2D eigenvalue weighted by molar-refractivity contribution is 5.99. The Kier molecular flexibility index (Phi) is 8.20. The Morgan fingerprint density at radius 1 is 1.15 bits per heavy atom. The Labute approximate surface area is 239 Å². The summed E-state index contributed by atoms with van der Waals surface area (Å²) < 4.78 is 6.83. The van der Waals surface area contributed by atoms with Crippen molar-refractivity contribution in [3.05, 3.63) is 35.9 Å². The van der Waals surface area contributed by atoms with Crippen molar-refractivity contribution in [1.29, 1.82) is 0 Å². The van der Waals surface area contributed by atoms with Crippen LogP contribution in [0.1, 0.15) is 80.2 Å². The Balaban J connectivity index is 1.79. The molecule has 0 saturated carbocycles. The number of nitrogens with zero attached hydrogens (tertiary/aromatic N) is 1. The molecule has 2 bridgehead atoms. The number of ether oxygens (including phenoxy) is 1. The zero-order valence-corrected chi connectivity index (χ0v) is 25.5. The SMILES string of the molecule is CCCNC(=O)[C@H]1[C@H]2C(=O)N([C@@H](CO)Cc3ccccc3)C(C(=O)NC(C)(C)CC(C)(C)C)C23CC(C)[C@]1(C)O3. The highest BCUT2D eigenvalue weighted by Gasteiger charge is 2.80. The number of aliphatic hydroxyl groups excluding tert-OH is 1. The van der Waals surface area contributed by atoms with E-state index in [1.54, 1.807) is 4.90 Å². The molecule has 4 rings (SSSR count). The second-order valence-electron chi connectivity index (χ2n) is 14.4. The minimum Gasteiger partial charge on any atom is -0.394 e. The number of carbonyl (C=O) groups is 3. The lowest BCUT2D eigenvalue weighted by molar-refractivity contribution is -0.151. The summed E-state index contributed by atoms with van der Waals surface area (Å²) in [5.41, 5.74) is -1.63. The highest BCUT2D eigenvalue weighted by atomic mass is 16.5. The molecule has 7 atom stereocenters. The lowest BCUT2D eigenvalue weighted by Crippen LogP contribution is -2.61. The molecule has 0 radical (unpaired) electrons. The summed E-state index contributed by atoms with van der Waals surface area (Å²) in [4.78, 5) is 44.1. The third kappa shape index (κ3) is 5.29. The van der Waals surface area contributed by atoms with Gasteiger partial charge < -0.3 is 25.4 Å². The van der Waals surface area contributed by atoms with Gasteiger partial charge >= 0.3 is 0 Å². The molecule has 3 unspecified atom stereocenters. The number of aliphatic hydroxyl groups is 1. The first kappa shape index (κ1) is 30.5. The van der Waals surface area contributed by atoms with E-state index < -0.39 is 40.7 Å². The number of likely N-dealkylation sites (tertiary alicyclic amines) is 1. The fourth-order valence-electron chi connectivity index (χ4n) is 8.04. The number of rotatable bonds is 10. The van der Waals surface area contributed by atoms with Crippen LogP contribution in [0, 0.1) is 23.2 Å². The van der Waals surface area contributed by atoms with Crippen molar-refractivity contribution in [3.8, 4) is 0 Å². The molecule has 3 saturated heterocycles. The molecule has 3 amide bonds. The van der Waals surface area contributed by atoms with Crippen LogP contribution in [0.3, 0.4) is 0 Å². The van der Waals surface area contributed by atoms with Crippen molar-refractivity contribution in [2.24, 2.45) is 23.2 Å². The Bertz CT molecular complexity index is 1120. The van der Waals surface area contributed by atoms with E-state index in [1.807, 2.05) is 65.0 Å². The molecular weight excluding hydrogens is 506 g/mol. The summed E-state index contributed by atoms with van der Waals surface area (Å²) in [6.07, 6.45) is 2.39. The smallest absolute Gasteiger partial charge is 0.246 e. The molecule has 8 heteroatoms. The first-order valence-corrected chi connectivity index (χ1v) is 14.9. The van der Waals surface area contributed by atoms with Crippen LogP contribution in [0.25, 0.3) is 0 Å². The number of hydrogen-bond acceptors (Lipinski definition) is 5. The minimum absolute atomic E-state index is 0.0313. The van der Waals surface area contributed by atoms with E-state index in [4.69, 9.17) is 4.74 Å². The first-order chi connectivity index (χ1) is 18.6. The van der Waals surface area contributed by atoms with Crippen molar-refractivity contribution in [3.63, 3.8) is 0 Å². The van der Waals surface area contributed by atoms with Crippen LogP contribution in [0.4, 0.5) is 0 Å². The van der Waals surface area contributed by atoms with E-state index in [2.05, 4.69) is 31.4 Å². The molecular formula is C32H49N3O5. The van der Waals surface area contributed by atoms with Crippen LogP contribution in [0.2, 0.25) is 0 Å². The lowest BCUT2D eigenvalue weighted by atomic mass is 9.62. The van der Waals surface area contributed by atoms with Gasteiger partial charge in [0, 0.05) is 12.1 Å². The van der Waals surface area contributed by atoms with Crippen LogP contribution < -0.4 is 10.6 Å². The molecule has 3 aliphatic rings. The van der Waals surface area contributed by atoms with Crippen LogP contribution in [-0.4, -0.2) is 69.7 Å². The quantitative estimate of drug-likeness (QED) is 0.410. The minimum atomic E-state index is -1.15. The topological polar surface area (TPSA) is 108 Å². The van der Waals surface area contributed by atoms with E-state index in [1.165, 1.54) is 0 Å². The second kappa shape index (κ2) is 10.8. The molecule has 1 spiro atoms. The fourth-order valence-corrected chi connectivity index (χ4v) is 8.04.